The number of carbonyl (C=O) groups excluding carboxylic acids is 2. The Kier molecular flexibility index (Phi) is 4.77. The van der Waals surface area contributed by atoms with Gasteiger partial charge in [0.15, 0.2) is 5.69 Å². The van der Waals surface area contributed by atoms with Crippen molar-refractivity contribution in [3.8, 4) is 0 Å². The highest BCUT2D eigenvalue weighted by Gasteiger charge is 2.29. The molecule has 7 heteroatoms. The summed E-state index contributed by atoms with van der Waals surface area (Å²) in [5, 5.41) is 9.26. The molecule has 4 rings (SSSR count). The third kappa shape index (κ3) is 3.50. The number of rotatable bonds is 4. The van der Waals surface area contributed by atoms with E-state index >= 15 is 0 Å². The van der Waals surface area contributed by atoms with Gasteiger partial charge in [0, 0.05) is 37.8 Å². The van der Waals surface area contributed by atoms with Gasteiger partial charge in [-0.3, -0.25) is 14.3 Å². The van der Waals surface area contributed by atoms with Crippen LogP contribution < -0.4 is 5.32 Å². The molecular formula is C20H20N4O2S. The SMILES string of the molecule is Cn1nc(C(=O)NCc2ccccc2)c2c1CCN(C(=O)c1cccs1)C2. The van der Waals surface area contributed by atoms with Crippen molar-refractivity contribution in [3.05, 3.63) is 75.2 Å². The number of hydrogen-bond donors (Lipinski definition) is 1. The number of thiophene rings is 1. The van der Waals surface area contributed by atoms with Gasteiger partial charge in [0.1, 0.15) is 0 Å². The molecule has 0 fully saturated rings. The summed E-state index contributed by atoms with van der Waals surface area (Å²) in [5.74, 6) is -0.198. The van der Waals surface area contributed by atoms with Crippen molar-refractivity contribution in [2.24, 2.45) is 7.05 Å². The number of benzene rings is 1. The summed E-state index contributed by atoms with van der Waals surface area (Å²) in [4.78, 5) is 27.9. The van der Waals surface area contributed by atoms with Crippen LogP contribution in [0.2, 0.25) is 0 Å². The highest BCUT2D eigenvalue weighted by atomic mass is 32.1. The molecule has 1 aliphatic rings. The molecule has 1 aliphatic heterocycles. The van der Waals surface area contributed by atoms with Crippen LogP contribution in [0.3, 0.4) is 0 Å². The first-order valence-electron chi connectivity index (χ1n) is 8.83. The minimum atomic E-state index is -0.207. The zero-order valence-electron chi connectivity index (χ0n) is 15.0. The molecule has 2 aromatic heterocycles. The molecule has 0 aliphatic carbocycles. The Hall–Kier alpha value is -2.93. The molecule has 3 aromatic rings. The van der Waals surface area contributed by atoms with E-state index in [1.165, 1.54) is 11.3 Å². The number of nitrogens with zero attached hydrogens (tertiary/aromatic N) is 3. The number of carbonyl (C=O) groups is 2. The zero-order chi connectivity index (χ0) is 18.8. The van der Waals surface area contributed by atoms with Gasteiger partial charge < -0.3 is 10.2 Å². The third-order valence-corrected chi connectivity index (χ3v) is 5.63. The lowest BCUT2D eigenvalue weighted by atomic mass is 10.0. The maximum atomic E-state index is 12.7. The Bertz CT molecular complexity index is 964. The normalized spacial score (nSPS) is 13.3. The van der Waals surface area contributed by atoms with Crippen LogP contribution in [0, 0.1) is 0 Å². The molecule has 3 heterocycles. The van der Waals surface area contributed by atoms with Crippen molar-refractivity contribution >= 4 is 23.2 Å². The zero-order valence-corrected chi connectivity index (χ0v) is 15.8. The van der Waals surface area contributed by atoms with Crippen LogP contribution in [-0.4, -0.2) is 33.0 Å². The van der Waals surface area contributed by atoms with Crippen molar-refractivity contribution in [3.63, 3.8) is 0 Å². The third-order valence-electron chi connectivity index (χ3n) is 4.77. The summed E-state index contributed by atoms with van der Waals surface area (Å²) in [6.45, 7) is 1.49. The molecule has 1 aromatic carbocycles. The highest BCUT2D eigenvalue weighted by Crippen LogP contribution is 2.24. The lowest BCUT2D eigenvalue weighted by molar-refractivity contribution is 0.0735. The average Bonchev–Trinajstić information content (AvgIpc) is 3.35. The van der Waals surface area contributed by atoms with Crippen LogP contribution in [0.25, 0.3) is 0 Å². The van der Waals surface area contributed by atoms with Gasteiger partial charge in [0.2, 0.25) is 0 Å². The molecule has 0 radical (unpaired) electrons. The van der Waals surface area contributed by atoms with E-state index in [0.29, 0.717) is 31.7 Å². The van der Waals surface area contributed by atoms with E-state index in [0.717, 1.165) is 21.7 Å². The number of aromatic nitrogens is 2. The lowest BCUT2D eigenvalue weighted by Crippen LogP contribution is -2.36. The van der Waals surface area contributed by atoms with E-state index in [1.807, 2.05) is 54.9 Å². The van der Waals surface area contributed by atoms with Crippen LogP contribution in [0.15, 0.2) is 47.8 Å². The smallest absolute Gasteiger partial charge is 0.272 e. The van der Waals surface area contributed by atoms with Gasteiger partial charge >= 0.3 is 0 Å². The van der Waals surface area contributed by atoms with E-state index in [4.69, 9.17) is 0 Å². The molecule has 0 saturated heterocycles. The van der Waals surface area contributed by atoms with E-state index in [1.54, 1.807) is 9.58 Å². The summed E-state index contributed by atoms with van der Waals surface area (Å²) < 4.78 is 1.76. The molecule has 0 atom stereocenters. The fourth-order valence-corrected chi connectivity index (χ4v) is 4.06. The summed E-state index contributed by atoms with van der Waals surface area (Å²) in [5.41, 5.74) is 3.31. The maximum Gasteiger partial charge on any atom is 0.272 e. The topological polar surface area (TPSA) is 67.2 Å². The first kappa shape index (κ1) is 17.5. The standard InChI is InChI=1S/C20H20N4O2S/c1-23-16-9-10-24(20(26)17-8-5-11-27-17)13-15(16)18(22-23)19(25)21-12-14-6-3-2-4-7-14/h2-8,11H,9-10,12-13H2,1H3,(H,21,25). The molecule has 138 valence electrons. The summed E-state index contributed by atoms with van der Waals surface area (Å²) >= 11 is 1.44. The van der Waals surface area contributed by atoms with Crippen molar-refractivity contribution in [1.82, 2.24) is 20.0 Å². The minimum Gasteiger partial charge on any atom is -0.347 e. The number of hydrogen-bond acceptors (Lipinski definition) is 4. The fraction of sp³-hybridized carbons (Fsp3) is 0.250. The summed E-state index contributed by atoms with van der Waals surface area (Å²) in [7, 11) is 1.85. The van der Waals surface area contributed by atoms with Crippen molar-refractivity contribution < 1.29 is 9.59 Å². The second-order valence-corrected chi connectivity index (χ2v) is 7.47. The van der Waals surface area contributed by atoms with Gasteiger partial charge in [-0.05, 0) is 17.0 Å². The Balaban J connectivity index is 1.52. The van der Waals surface area contributed by atoms with Gasteiger partial charge in [-0.25, -0.2) is 0 Å². The largest absolute Gasteiger partial charge is 0.347 e. The molecule has 2 amide bonds. The van der Waals surface area contributed by atoms with Gasteiger partial charge in [-0.2, -0.15) is 5.10 Å². The van der Waals surface area contributed by atoms with E-state index in [-0.39, 0.29) is 11.8 Å². The van der Waals surface area contributed by atoms with Crippen molar-refractivity contribution in [1.29, 1.82) is 0 Å². The monoisotopic (exact) mass is 380 g/mol. The second kappa shape index (κ2) is 7.36. The first-order valence-corrected chi connectivity index (χ1v) is 9.71. The number of nitrogens with one attached hydrogen (secondary N) is 1. The average molecular weight is 380 g/mol. The van der Waals surface area contributed by atoms with Crippen molar-refractivity contribution in [2.75, 3.05) is 6.54 Å². The summed E-state index contributed by atoms with van der Waals surface area (Å²) in [6.07, 6.45) is 0.696. The predicted molar refractivity (Wildman–Crippen MR) is 104 cm³/mol. The van der Waals surface area contributed by atoms with Crippen molar-refractivity contribution in [2.45, 2.75) is 19.5 Å². The number of amides is 2. The van der Waals surface area contributed by atoms with E-state index in [2.05, 4.69) is 10.4 Å². The van der Waals surface area contributed by atoms with Crippen LogP contribution >= 0.6 is 11.3 Å². The maximum absolute atomic E-state index is 12.7. The molecule has 1 N–H and O–H groups in total. The lowest BCUT2D eigenvalue weighted by Gasteiger charge is -2.27. The molecular weight excluding hydrogens is 360 g/mol. The molecule has 0 saturated carbocycles. The number of fused-ring (bicyclic) bond motifs is 1. The van der Waals surface area contributed by atoms with E-state index < -0.39 is 0 Å². The molecule has 0 unspecified atom stereocenters. The Labute approximate surface area is 161 Å². The Morgan fingerprint density at radius 3 is 2.74 bits per heavy atom. The fourth-order valence-electron chi connectivity index (χ4n) is 3.37. The van der Waals surface area contributed by atoms with Crippen LogP contribution in [0.5, 0.6) is 0 Å². The minimum absolute atomic E-state index is 0.00940. The van der Waals surface area contributed by atoms with Crippen LogP contribution in [-0.2, 0) is 26.6 Å². The quantitative estimate of drug-likeness (QED) is 0.757. The van der Waals surface area contributed by atoms with Gasteiger partial charge in [0.25, 0.3) is 11.8 Å². The van der Waals surface area contributed by atoms with E-state index in [9.17, 15) is 9.59 Å². The second-order valence-electron chi connectivity index (χ2n) is 6.52. The van der Waals surface area contributed by atoms with Gasteiger partial charge in [0.05, 0.1) is 11.4 Å². The van der Waals surface area contributed by atoms with Crippen LogP contribution in [0.4, 0.5) is 0 Å². The molecule has 6 nitrogen and oxygen atoms in total. The summed E-state index contributed by atoms with van der Waals surface area (Å²) in [6, 6.07) is 13.5. The molecule has 0 bridgehead atoms. The highest BCUT2D eigenvalue weighted by molar-refractivity contribution is 7.12. The predicted octanol–water partition coefficient (Wildman–Crippen LogP) is 2.61. The Morgan fingerprint density at radius 2 is 2.00 bits per heavy atom. The Morgan fingerprint density at radius 1 is 1.19 bits per heavy atom. The first-order chi connectivity index (χ1) is 13.1. The van der Waals surface area contributed by atoms with Gasteiger partial charge in [-0.1, -0.05) is 36.4 Å². The molecule has 27 heavy (non-hydrogen) atoms. The number of aryl methyl sites for hydroxylation is 1. The van der Waals surface area contributed by atoms with Crippen LogP contribution in [0.1, 0.15) is 37.0 Å². The van der Waals surface area contributed by atoms with Gasteiger partial charge in [-0.15, -0.1) is 11.3 Å². The molecule has 0 spiro atoms.